The van der Waals surface area contributed by atoms with Gasteiger partial charge in [-0.15, -0.1) is 0 Å². The normalized spacial score (nSPS) is 19.0. The molecule has 0 saturated carbocycles. The monoisotopic (exact) mass is 623 g/mol. The molecule has 3 amide bonds. The number of benzene rings is 4. The Morgan fingerprint density at radius 3 is 2.48 bits per heavy atom. The molecule has 3 atom stereocenters. The van der Waals surface area contributed by atoms with E-state index in [0.29, 0.717) is 38.3 Å². The number of methoxy groups -OCH3 is 1. The van der Waals surface area contributed by atoms with E-state index < -0.39 is 17.1 Å². The Balaban J connectivity index is 1.14. The van der Waals surface area contributed by atoms with Crippen LogP contribution in [0.5, 0.6) is 11.5 Å². The summed E-state index contributed by atoms with van der Waals surface area (Å²) in [6.45, 7) is -0.228. The van der Waals surface area contributed by atoms with Crippen LogP contribution in [0.1, 0.15) is 16.4 Å². The number of carbonyl (C=O) groups excluding carboxylic acids is 3. The maximum atomic E-state index is 14.0. The predicted molar refractivity (Wildman–Crippen MR) is 170 cm³/mol. The average molecular weight is 624 g/mol. The number of anilines is 2. The van der Waals surface area contributed by atoms with E-state index in [4.69, 9.17) is 9.47 Å². The van der Waals surface area contributed by atoms with E-state index >= 15 is 0 Å². The number of amides is 3. The van der Waals surface area contributed by atoms with Crippen LogP contribution >= 0.6 is 23.1 Å². The standard InChI is InChI=1S/C33H25N3O6S2/c1-41-23-13-11-22(12-14-23)36-31(38)27-26(28-30(35-33(40)44-28)43-29(27)32(36)39)20-7-4-8-24(16-20)42-17-25(37)34-21-10-9-18-5-2-3-6-19(18)15-21/h2-16,26-27,29H,17H2,1H3,(H,34,37)(H,35,40). The summed E-state index contributed by atoms with van der Waals surface area (Å²) in [5.74, 6) is -1.25. The largest absolute Gasteiger partial charge is 0.497 e. The van der Waals surface area contributed by atoms with Crippen LogP contribution < -0.4 is 24.6 Å². The van der Waals surface area contributed by atoms with Crippen molar-refractivity contribution in [3.63, 3.8) is 0 Å². The first-order chi connectivity index (χ1) is 21.4. The molecule has 2 aliphatic heterocycles. The average Bonchev–Trinajstić information content (AvgIpc) is 3.54. The first kappa shape index (κ1) is 27.9. The second-order valence-corrected chi connectivity index (χ2v) is 12.6. The molecule has 5 aromatic rings. The summed E-state index contributed by atoms with van der Waals surface area (Å²) in [4.78, 5) is 57.3. The number of hydrogen-bond donors (Lipinski definition) is 2. The Labute approximate surface area is 259 Å². The number of aromatic amines is 1. The second kappa shape index (κ2) is 11.3. The van der Waals surface area contributed by atoms with Crippen LogP contribution in [0.25, 0.3) is 10.8 Å². The van der Waals surface area contributed by atoms with E-state index in [1.807, 2.05) is 48.5 Å². The number of ether oxygens (including phenoxy) is 2. The summed E-state index contributed by atoms with van der Waals surface area (Å²) in [5.41, 5.74) is 1.83. The Bertz CT molecular complexity index is 1990. The molecule has 220 valence electrons. The molecule has 3 heterocycles. The van der Waals surface area contributed by atoms with Crippen LogP contribution in [0.4, 0.5) is 11.4 Å². The van der Waals surface area contributed by atoms with Gasteiger partial charge >= 0.3 is 4.87 Å². The molecule has 0 bridgehead atoms. The van der Waals surface area contributed by atoms with Gasteiger partial charge in [0.1, 0.15) is 16.7 Å². The number of fused-ring (bicyclic) bond motifs is 3. The Hall–Kier alpha value is -4.87. The minimum atomic E-state index is -0.736. The summed E-state index contributed by atoms with van der Waals surface area (Å²) in [5, 5.41) is 4.83. The number of carbonyl (C=O) groups is 3. The lowest BCUT2D eigenvalue weighted by Gasteiger charge is -2.30. The minimum Gasteiger partial charge on any atom is -0.497 e. The topological polar surface area (TPSA) is 118 Å². The molecule has 1 fully saturated rings. The number of hydrogen-bond acceptors (Lipinski definition) is 8. The van der Waals surface area contributed by atoms with E-state index in [1.165, 1.54) is 16.7 Å². The van der Waals surface area contributed by atoms with Crippen LogP contribution in [0.3, 0.4) is 0 Å². The maximum absolute atomic E-state index is 14.0. The van der Waals surface area contributed by atoms with Gasteiger partial charge in [-0.25, -0.2) is 4.90 Å². The number of thioether (sulfide) groups is 1. The van der Waals surface area contributed by atoms with Crippen molar-refractivity contribution < 1.29 is 23.9 Å². The lowest BCUT2D eigenvalue weighted by atomic mass is 9.83. The van der Waals surface area contributed by atoms with E-state index in [0.717, 1.165) is 22.1 Å². The van der Waals surface area contributed by atoms with Gasteiger partial charge < -0.3 is 19.8 Å². The molecule has 0 aliphatic carbocycles. The minimum absolute atomic E-state index is 0.228. The number of imide groups is 1. The van der Waals surface area contributed by atoms with Crippen LogP contribution in [-0.4, -0.2) is 41.7 Å². The van der Waals surface area contributed by atoms with Gasteiger partial charge in [-0.2, -0.15) is 0 Å². The lowest BCUT2D eigenvalue weighted by molar-refractivity contribution is -0.122. The maximum Gasteiger partial charge on any atom is 0.305 e. The molecule has 1 saturated heterocycles. The Morgan fingerprint density at radius 1 is 0.886 bits per heavy atom. The number of H-pyrrole nitrogens is 1. The van der Waals surface area contributed by atoms with Gasteiger partial charge in [-0.05, 0) is 64.9 Å². The first-order valence-electron chi connectivity index (χ1n) is 13.8. The highest BCUT2D eigenvalue weighted by molar-refractivity contribution is 8.00. The van der Waals surface area contributed by atoms with Crippen molar-refractivity contribution in [1.29, 1.82) is 0 Å². The highest BCUT2D eigenvalue weighted by atomic mass is 32.2. The summed E-state index contributed by atoms with van der Waals surface area (Å²) < 4.78 is 11.1. The van der Waals surface area contributed by atoms with Gasteiger partial charge in [0.25, 0.3) is 5.91 Å². The van der Waals surface area contributed by atoms with Crippen molar-refractivity contribution >= 4 is 63.0 Å². The van der Waals surface area contributed by atoms with Gasteiger partial charge in [0.2, 0.25) is 11.8 Å². The van der Waals surface area contributed by atoms with Crippen molar-refractivity contribution in [1.82, 2.24) is 4.98 Å². The molecule has 3 unspecified atom stereocenters. The third kappa shape index (κ3) is 5.03. The molecule has 11 heteroatoms. The zero-order chi connectivity index (χ0) is 30.4. The smallest absolute Gasteiger partial charge is 0.305 e. The SMILES string of the molecule is COc1ccc(N2C(=O)C3Sc4[nH]c(=O)sc4C(c4cccc(OCC(=O)Nc5ccc6ccccc6c5)c4)C3C2=O)cc1. The lowest BCUT2D eigenvalue weighted by Crippen LogP contribution is -2.32. The van der Waals surface area contributed by atoms with Crippen molar-refractivity contribution in [2.75, 3.05) is 23.9 Å². The Kier molecular flexibility index (Phi) is 7.19. The van der Waals surface area contributed by atoms with Crippen molar-refractivity contribution in [2.45, 2.75) is 16.2 Å². The summed E-state index contributed by atoms with van der Waals surface area (Å²) >= 11 is 2.26. The molecule has 4 aromatic carbocycles. The van der Waals surface area contributed by atoms with Crippen LogP contribution in [-0.2, 0) is 14.4 Å². The van der Waals surface area contributed by atoms with Gasteiger partial charge in [0.15, 0.2) is 6.61 Å². The molecule has 0 radical (unpaired) electrons. The summed E-state index contributed by atoms with van der Waals surface area (Å²) in [7, 11) is 1.55. The van der Waals surface area contributed by atoms with E-state index in [-0.39, 0.29) is 29.2 Å². The van der Waals surface area contributed by atoms with Crippen LogP contribution in [0.15, 0.2) is 101 Å². The quantitative estimate of drug-likeness (QED) is 0.233. The number of rotatable bonds is 7. The molecule has 0 spiro atoms. The molecule has 9 nitrogen and oxygen atoms in total. The zero-order valence-electron chi connectivity index (χ0n) is 23.3. The Morgan fingerprint density at radius 2 is 1.68 bits per heavy atom. The molecule has 1 aromatic heterocycles. The molecule has 7 rings (SSSR count). The molecule has 2 N–H and O–H groups in total. The van der Waals surface area contributed by atoms with Crippen LogP contribution in [0, 0.1) is 5.92 Å². The van der Waals surface area contributed by atoms with Crippen molar-refractivity contribution in [3.8, 4) is 11.5 Å². The van der Waals surface area contributed by atoms with E-state index in [1.54, 1.807) is 49.6 Å². The third-order valence-electron chi connectivity index (χ3n) is 7.77. The zero-order valence-corrected chi connectivity index (χ0v) is 24.9. The van der Waals surface area contributed by atoms with Gasteiger partial charge in [0, 0.05) is 16.5 Å². The number of aromatic nitrogens is 1. The predicted octanol–water partition coefficient (Wildman–Crippen LogP) is 5.41. The molecular weight excluding hydrogens is 599 g/mol. The van der Waals surface area contributed by atoms with E-state index in [9.17, 15) is 19.2 Å². The van der Waals surface area contributed by atoms with Gasteiger partial charge in [-0.1, -0.05) is 65.6 Å². The van der Waals surface area contributed by atoms with Crippen LogP contribution in [0.2, 0.25) is 0 Å². The third-order valence-corrected chi connectivity index (χ3v) is 10.2. The van der Waals surface area contributed by atoms with Gasteiger partial charge in [-0.3, -0.25) is 19.2 Å². The summed E-state index contributed by atoms with van der Waals surface area (Å²) in [6, 6.07) is 27.5. The fourth-order valence-corrected chi connectivity index (χ4v) is 8.29. The number of nitrogens with one attached hydrogen (secondary N) is 2. The number of nitrogens with zero attached hydrogens (tertiary/aromatic N) is 1. The molecular formula is C33H25N3O6S2. The highest BCUT2D eigenvalue weighted by Gasteiger charge is 2.56. The molecule has 44 heavy (non-hydrogen) atoms. The fourth-order valence-electron chi connectivity index (χ4n) is 5.77. The van der Waals surface area contributed by atoms with Gasteiger partial charge in [0.05, 0.1) is 23.7 Å². The highest BCUT2D eigenvalue weighted by Crippen LogP contribution is 2.53. The first-order valence-corrected chi connectivity index (χ1v) is 15.5. The fraction of sp³-hybridized carbons (Fsp3) is 0.152. The number of thiazole rings is 1. The summed E-state index contributed by atoms with van der Waals surface area (Å²) in [6.07, 6.45) is 0. The van der Waals surface area contributed by atoms with Crippen molar-refractivity contribution in [2.24, 2.45) is 5.92 Å². The van der Waals surface area contributed by atoms with E-state index in [2.05, 4.69) is 10.3 Å². The van der Waals surface area contributed by atoms with Crippen molar-refractivity contribution in [3.05, 3.63) is 111 Å². The second-order valence-electron chi connectivity index (χ2n) is 10.4. The molecule has 2 aliphatic rings.